The lowest BCUT2D eigenvalue weighted by molar-refractivity contribution is 0.0358. The number of rotatable bonds is 10. The van der Waals surface area contributed by atoms with Gasteiger partial charge < -0.3 is 14.2 Å². The molecule has 1 aromatic carbocycles. The van der Waals surface area contributed by atoms with Crippen LogP contribution in [0, 0.1) is 0 Å². The fraction of sp³-hybridized carbons (Fsp3) is 0.667. The lowest BCUT2D eigenvalue weighted by Gasteiger charge is -2.26. The van der Waals surface area contributed by atoms with Gasteiger partial charge in [0.1, 0.15) is 11.5 Å². The molecule has 1 aliphatic heterocycles. The van der Waals surface area contributed by atoms with E-state index in [9.17, 15) is 0 Å². The van der Waals surface area contributed by atoms with Crippen LogP contribution in [-0.2, 0) is 4.74 Å². The Labute approximate surface area is 146 Å². The Morgan fingerprint density at radius 2 is 1.48 bits per heavy atom. The van der Waals surface area contributed by atoms with E-state index in [2.05, 4.69) is 11.8 Å². The molecule has 0 amide bonds. The second kappa shape index (κ2) is 12.5. The maximum absolute atomic E-state index is 5.78. The molecule has 1 aliphatic rings. The molecule has 4 nitrogen and oxygen atoms in total. The topological polar surface area (TPSA) is 30.9 Å². The molecule has 1 fully saturated rings. The van der Waals surface area contributed by atoms with Gasteiger partial charge in [0.2, 0.25) is 0 Å². The van der Waals surface area contributed by atoms with Crippen LogP contribution in [0.5, 0.6) is 11.5 Å². The third kappa shape index (κ3) is 8.45. The molecule has 23 heavy (non-hydrogen) atoms. The highest BCUT2D eigenvalue weighted by Crippen LogP contribution is 2.18. The lowest BCUT2D eigenvalue weighted by atomic mass is 10.3. The number of unbranched alkanes of at least 4 members (excludes halogenated alkanes) is 2. The van der Waals surface area contributed by atoms with Gasteiger partial charge in [0.25, 0.3) is 0 Å². The Hall–Kier alpha value is -0.970. The highest BCUT2D eigenvalue weighted by molar-refractivity contribution is 5.85. The SMILES string of the molecule is CCCCCOc1ccc(OCCCN2CCOCC2)cc1.Cl. The average molecular weight is 344 g/mol. The molecule has 1 heterocycles. The van der Waals surface area contributed by atoms with Gasteiger partial charge in [-0.1, -0.05) is 19.8 Å². The summed E-state index contributed by atoms with van der Waals surface area (Å²) in [6.45, 7) is 8.66. The number of benzene rings is 1. The molecule has 0 spiro atoms. The first-order valence-corrected chi connectivity index (χ1v) is 8.54. The van der Waals surface area contributed by atoms with Gasteiger partial charge in [0, 0.05) is 19.6 Å². The van der Waals surface area contributed by atoms with E-state index < -0.39 is 0 Å². The number of morpholine rings is 1. The molecule has 1 saturated heterocycles. The van der Waals surface area contributed by atoms with Crippen molar-refractivity contribution >= 4 is 12.4 Å². The summed E-state index contributed by atoms with van der Waals surface area (Å²) in [5.41, 5.74) is 0. The molecule has 2 rings (SSSR count). The van der Waals surface area contributed by atoms with E-state index in [-0.39, 0.29) is 12.4 Å². The number of ether oxygens (including phenoxy) is 3. The Morgan fingerprint density at radius 1 is 0.913 bits per heavy atom. The van der Waals surface area contributed by atoms with Gasteiger partial charge in [-0.15, -0.1) is 12.4 Å². The molecule has 0 unspecified atom stereocenters. The van der Waals surface area contributed by atoms with Crippen LogP contribution in [0.2, 0.25) is 0 Å². The lowest BCUT2D eigenvalue weighted by Crippen LogP contribution is -2.37. The quantitative estimate of drug-likeness (QED) is 0.605. The first-order chi connectivity index (χ1) is 10.9. The second-order valence-electron chi connectivity index (χ2n) is 5.68. The molecule has 0 saturated carbocycles. The average Bonchev–Trinajstić information content (AvgIpc) is 2.58. The fourth-order valence-corrected chi connectivity index (χ4v) is 2.48. The highest BCUT2D eigenvalue weighted by atomic mass is 35.5. The minimum Gasteiger partial charge on any atom is -0.494 e. The Bertz CT molecular complexity index is 394. The van der Waals surface area contributed by atoms with Crippen LogP contribution < -0.4 is 9.47 Å². The maximum atomic E-state index is 5.78. The van der Waals surface area contributed by atoms with Crippen molar-refractivity contribution in [3.05, 3.63) is 24.3 Å². The van der Waals surface area contributed by atoms with Crippen molar-refractivity contribution < 1.29 is 14.2 Å². The Balaban J connectivity index is 0.00000264. The number of halogens is 1. The third-order valence-corrected chi connectivity index (χ3v) is 3.83. The molecule has 0 bridgehead atoms. The highest BCUT2D eigenvalue weighted by Gasteiger charge is 2.09. The summed E-state index contributed by atoms with van der Waals surface area (Å²) >= 11 is 0. The second-order valence-corrected chi connectivity index (χ2v) is 5.68. The van der Waals surface area contributed by atoms with E-state index in [4.69, 9.17) is 14.2 Å². The molecule has 0 aromatic heterocycles. The summed E-state index contributed by atoms with van der Waals surface area (Å²) in [5, 5.41) is 0. The van der Waals surface area contributed by atoms with Gasteiger partial charge in [0.15, 0.2) is 0 Å². The van der Waals surface area contributed by atoms with E-state index in [0.717, 1.165) is 70.4 Å². The van der Waals surface area contributed by atoms with Crippen LogP contribution in [0.1, 0.15) is 32.6 Å². The van der Waals surface area contributed by atoms with E-state index in [1.165, 1.54) is 12.8 Å². The van der Waals surface area contributed by atoms with Crippen molar-refractivity contribution in [2.75, 3.05) is 46.1 Å². The van der Waals surface area contributed by atoms with E-state index in [0.29, 0.717) is 0 Å². The van der Waals surface area contributed by atoms with Gasteiger partial charge in [0.05, 0.1) is 26.4 Å². The summed E-state index contributed by atoms with van der Waals surface area (Å²) in [5.74, 6) is 1.85. The van der Waals surface area contributed by atoms with Crippen LogP contribution in [0.15, 0.2) is 24.3 Å². The van der Waals surface area contributed by atoms with Gasteiger partial charge >= 0.3 is 0 Å². The molecule has 132 valence electrons. The number of nitrogens with zero attached hydrogens (tertiary/aromatic N) is 1. The van der Waals surface area contributed by atoms with Crippen LogP contribution in [-0.4, -0.2) is 51.0 Å². The van der Waals surface area contributed by atoms with Crippen molar-refractivity contribution in [2.45, 2.75) is 32.6 Å². The summed E-state index contributed by atoms with van der Waals surface area (Å²) in [6.07, 6.45) is 4.62. The fourth-order valence-electron chi connectivity index (χ4n) is 2.48. The summed E-state index contributed by atoms with van der Waals surface area (Å²) < 4.78 is 16.8. The summed E-state index contributed by atoms with van der Waals surface area (Å²) in [4.78, 5) is 2.43. The number of hydrogen-bond donors (Lipinski definition) is 0. The minimum absolute atomic E-state index is 0. The predicted molar refractivity (Wildman–Crippen MR) is 96.1 cm³/mol. The van der Waals surface area contributed by atoms with Gasteiger partial charge in [-0.05, 0) is 37.1 Å². The first-order valence-electron chi connectivity index (χ1n) is 8.54. The third-order valence-electron chi connectivity index (χ3n) is 3.83. The van der Waals surface area contributed by atoms with Gasteiger partial charge in [-0.25, -0.2) is 0 Å². The minimum atomic E-state index is 0. The van der Waals surface area contributed by atoms with Crippen LogP contribution in [0.3, 0.4) is 0 Å². The van der Waals surface area contributed by atoms with E-state index in [1.54, 1.807) is 0 Å². The van der Waals surface area contributed by atoms with Crippen molar-refractivity contribution in [3.8, 4) is 11.5 Å². The van der Waals surface area contributed by atoms with Crippen molar-refractivity contribution in [1.82, 2.24) is 4.90 Å². The molecule has 1 aromatic rings. The van der Waals surface area contributed by atoms with E-state index in [1.807, 2.05) is 24.3 Å². The van der Waals surface area contributed by atoms with Crippen molar-refractivity contribution in [3.63, 3.8) is 0 Å². The predicted octanol–water partition coefficient (Wildman–Crippen LogP) is 3.78. The number of hydrogen-bond acceptors (Lipinski definition) is 4. The smallest absolute Gasteiger partial charge is 0.119 e. The normalized spacial score (nSPS) is 15.0. The van der Waals surface area contributed by atoms with Crippen LogP contribution in [0.4, 0.5) is 0 Å². The molecule has 0 atom stereocenters. The summed E-state index contributed by atoms with van der Waals surface area (Å²) in [7, 11) is 0. The zero-order valence-corrected chi connectivity index (χ0v) is 15.0. The van der Waals surface area contributed by atoms with Gasteiger partial charge in [-0.2, -0.15) is 0 Å². The Kier molecular flexibility index (Phi) is 10.9. The monoisotopic (exact) mass is 343 g/mol. The largest absolute Gasteiger partial charge is 0.494 e. The maximum Gasteiger partial charge on any atom is 0.119 e. The molecular formula is C18H30ClNO3. The first kappa shape index (κ1) is 20.1. The summed E-state index contributed by atoms with van der Waals surface area (Å²) in [6, 6.07) is 7.96. The molecule has 0 aliphatic carbocycles. The molecular weight excluding hydrogens is 314 g/mol. The van der Waals surface area contributed by atoms with E-state index >= 15 is 0 Å². The zero-order valence-electron chi connectivity index (χ0n) is 14.2. The van der Waals surface area contributed by atoms with Gasteiger partial charge in [-0.3, -0.25) is 4.90 Å². The van der Waals surface area contributed by atoms with Crippen LogP contribution in [0.25, 0.3) is 0 Å². The van der Waals surface area contributed by atoms with Crippen molar-refractivity contribution in [2.24, 2.45) is 0 Å². The van der Waals surface area contributed by atoms with Crippen molar-refractivity contribution in [1.29, 1.82) is 0 Å². The van der Waals surface area contributed by atoms with Crippen LogP contribution >= 0.6 is 12.4 Å². The standard InChI is InChI=1S/C18H29NO3.ClH/c1-2-3-4-13-21-17-6-8-18(9-7-17)22-14-5-10-19-11-15-20-16-12-19;/h6-9H,2-5,10-16H2,1H3;1H. The molecule has 5 heteroatoms. The Morgan fingerprint density at radius 3 is 2.04 bits per heavy atom. The molecule has 0 radical (unpaired) electrons. The molecule has 0 N–H and O–H groups in total. The zero-order chi connectivity index (χ0) is 15.5.